The number of thiazole rings is 1. The van der Waals surface area contributed by atoms with E-state index in [0.29, 0.717) is 11.1 Å². The third-order valence-electron chi connectivity index (χ3n) is 3.04. The van der Waals surface area contributed by atoms with Crippen LogP contribution in [-0.4, -0.2) is 18.4 Å². The summed E-state index contributed by atoms with van der Waals surface area (Å²) in [5, 5.41) is 1.31. The molecular formula is C13H14N4O2S2. The Morgan fingerprint density at radius 3 is 2.95 bits per heavy atom. The van der Waals surface area contributed by atoms with Crippen molar-refractivity contribution in [2.24, 2.45) is 0 Å². The van der Waals surface area contributed by atoms with Crippen molar-refractivity contribution in [2.45, 2.75) is 18.4 Å². The van der Waals surface area contributed by atoms with Crippen LogP contribution in [0.2, 0.25) is 0 Å². The molecule has 2 heterocycles. The largest absolute Gasteiger partial charge is 0.399 e. The van der Waals surface area contributed by atoms with Gasteiger partial charge in [-0.2, -0.15) is 0 Å². The molecule has 6 nitrogen and oxygen atoms in total. The molecule has 3 aromatic rings. The number of hydrogen-bond acceptors (Lipinski definition) is 5. The molecule has 0 aliphatic heterocycles. The fourth-order valence-corrected chi connectivity index (χ4v) is 4.03. The number of benzene rings is 1. The predicted octanol–water partition coefficient (Wildman–Crippen LogP) is 1.99. The maximum atomic E-state index is 12.4. The molecule has 3 rings (SSSR count). The van der Waals surface area contributed by atoms with Crippen molar-refractivity contribution in [1.82, 2.24) is 14.7 Å². The summed E-state index contributed by atoms with van der Waals surface area (Å²) in [5.41, 5.74) is 6.98. The van der Waals surface area contributed by atoms with Crippen molar-refractivity contribution in [3.8, 4) is 0 Å². The highest BCUT2D eigenvalue weighted by atomic mass is 32.2. The van der Waals surface area contributed by atoms with Gasteiger partial charge in [0.05, 0.1) is 6.54 Å². The second-order valence-corrected chi connectivity index (χ2v) is 7.70. The number of aromatic amines is 1. The van der Waals surface area contributed by atoms with Crippen LogP contribution in [-0.2, 0) is 16.6 Å². The van der Waals surface area contributed by atoms with Crippen LogP contribution in [0.4, 0.5) is 5.69 Å². The number of nitrogen functional groups attached to an aromatic ring is 1. The average molecular weight is 322 g/mol. The van der Waals surface area contributed by atoms with E-state index in [0.717, 1.165) is 15.4 Å². The maximum Gasteiger partial charge on any atom is 0.243 e. The van der Waals surface area contributed by atoms with E-state index in [-0.39, 0.29) is 11.4 Å². The Balaban J connectivity index is 1.91. The average Bonchev–Trinajstić information content (AvgIpc) is 3.02. The lowest BCUT2D eigenvalue weighted by molar-refractivity contribution is 0.582. The topological polar surface area (TPSA) is 101 Å². The Morgan fingerprint density at radius 2 is 2.24 bits per heavy atom. The molecule has 0 bridgehead atoms. The SMILES string of the molecule is Cc1cnc(CNS(=O)(=O)c2c[nH]c3ccc(N)cc23)s1. The molecule has 0 atom stereocenters. The van der Waals surface area contributed by atoms with E-state index >= 15 is 0 Å². The summed E-state index contributed by atoms with van der Waals surface area (Å²) < 4.78 is 27.4. The van der Waals surface area contributed by atoms with Crippen molar-refractivity contribution in [1.29, 1.82) is 0 Å². The molecule has 0 aliphatic carbocycles. The Morgan fingerprint density at radius 1 is 1.43 bits per heavy atom. The van der Waals surface area contributed by atoms with E-state index in [1.807, 2.05) is 6.92 Å². The lowest BCUT2D eigenvalue weighted by atomic mass is 10.2. The van der Waals surface area contributed by atoms with Crippen LogP contribution in [0, 0.1) is 6.92 Å². The van der Waals surface area contributed by atoms with Crippen LogP contribution >= 0.6 is 11.3 Å². The summed E-state index contributed by atoms with van der Waals surface area (Å²) in [6.07, 6.45) is 3.19. The number of aryl methyl sites for hydroxylation is 1. The Bertz CT molecular complexity index is 896. The van der Waals surface area contributed by atoms with E-state index in [1.165, 1.54) is 17.5 Å². The van der Waals surface area contributed by atoms with Gasteiger partial charge in [0.1, 0.15) is 9.90 Å². The molecule has 1 aromatic carbocycles. The molecule has 0 unspecified atom stereocenters. The van der Waals surface area contributed by atoms with Gasteiger partial charge < -0.3 is 10.7 Å². The predicted molar refractivity (Wildman–Crippen MR) is 83.6 cm³/mol. The van der Waals surface area contributed by atoms with Crippen LogP contribution in [0.15, 0.2) is 35.5 Å². The van der Waals surface area contributed by atoms with Gasteiger partial charge in [-0.3, -0.25) is 0 Å². The zero-order chi connectivity index (χ0) is 15.0. The van der Waals surface area contributed by atoms with Crippen LogP contribution < -0.4 is 10.5 Å². The summed E-state index contributed by atoms with van der Waals surface area (Å²) >= 11 is 1.47. The Hall–Kier alpha value is -1.90. The number of nitrogens with zero attached hydrogens (tertiary/aromatic N) is 1. The van der Waals surface area contributed by atoms with Gasteiger partial charge in [0.2, 0.25) is 10.0 Å². The van der Waals surface area contributed by atoms with Crippen LogP contribution in [0.3, 0.4) is 0 Å². The molecular weight excluding hydrogens is 308 g/mol. The van der Waals surface area contributed by atoms with Gasteiger partial charge >= 0.3 is 0 Å². The minimum absolute atomic E-state index is 0.176. The monoisotopic (exact) mass is 322 g/mol. The zero-order valence-corrected chi connectivity index (χ0v) is 12.9. The molecule has 0 amide bonds. The van der Waals surface area contributed by atoms with Gasteiger partial charge in [-0.1, -0.05) is 0 Å². The minimum Gasteiger partial charge on any atom is -0.399 e. The lowest BCUT2D eigenvalue weighted by Crippen LogP contribution is -2.22. The summed E-state index contributed by atoms with van der Waals surface area (Å²) in [6.45, 7) is 2.11. The maximum absolute atomic E-state index is 12.4. The molecule has 0 saturated carbocycles. The third-order valence-corrected chi connectivity index (χ3v) is 5.39. The molecule has 4 N–H and O–H groups in total. The zero-order valence-electron chi connectivity index (χ0n) is 11.3. The second kappa shape index (κ2) is 5.14. The number of fused-ring (bicyclic) bond motifs is 1. The number of nitrogens with one attached hydrogen (secondary N) is 2. The lowest BCUT2D eigenvalue weighted by Gasteiger charge is -2.04. The normalized spacial score (nSPS) is 12.0. The quantitative estimate of drug-likeness (QED) is 0.639. The van der Waals surface area contributed by atoms with Gasteiger partial charge in [-0.15, -0.1) is 11.3 Å². The third kappa shape index (κ3) is 2.78. The van der Waals surface area contributed by atoms with Gasteiger partial charge in [0.15, 0.2) is 0 Å². The second-order valence-electron chi connectivity index (χ2n) is 4.65. The van der Waals surface area contributed by atoms with Crippen molar-refractivity contribution < 1.29 is 8.42 Å². The first-order valence-electron chi connectivity index (χ1n) is 6.23. The van der Waals surface area contributed by atoms with E-state index in [9.17, 15) is 8.42 Å². The number of sulfonamides is 1. The first kappa shape index (κ1) is 14.1. The summed E-state index contributed by atoms with van der Waals surface area (Å²) in [6, 6.07) is 5.13. The van der Waals surface area contributed by atoms with Crippen molar-refractivity contribution in [2.75, 3.05) is 5.73 Å². The highest BCUT2D eigenvalue weighted by Crippen LogP contribution is 2.25. The summed E-state index contributed by atoms with van der Waals surface area (Å²) in [5.74, 6) is 0. The van der Waals surface area contributed by atoms with E-state index in [1.54, 1.807) is 24.4 Å². The highest BCUT2D eigenvalue weighted by Gasteiger charge is 2.19. The van der Waals surface area contributed by atoms with E-state index in [4.69, 9.17) is 5.73 Å². The first-order valence-corrected chi connectivity index (χ1v) is 8.53. The molecule has 8 heteroatoms. The summed E-state index contributed by atoms with van der Waals surface area (Å²) in [4.78, 5) is 8.31. The molecule has 0 spiro atoms. The van der Waals surface area contributed by atoms with Gasteiger partial charge in [-0.05, 0) is 25.1 Å². The number of hydrogen-bond donors (Lipinski definition) is 3. The van der Waals surface area contributed by atoms with Gasteiger partial charge in [-0.25, -0.2) is 18.1 Å². The number of rotatable bonds is 4. The van der Waals surface area contributed by atoms with Gasteiger partial charge in [0.25, 0.3) is 0 Å². The number of aromatic nitrogens is 2. The minimum atomic E-state index is -3.62. The smallest absolute Gasteiger partial charge is 0.243 e. The number of H-pyrrole nitrogens is 1. The Labute approximate surface area is 126 Å². The fraction of sp³-hybridized carbons (Fsp3) is 0.154. The molecule has 21 heavy (non-hydrogen) atoms. The van der Waals surface area contributed by atoms with Crippen molar-refractivity contribution >= 4 is 38.0 Å². The molecule has 0 saturated heterocycles. The van der Waals surface area contributed by atoms with Gasteiger partial charge in [0, 0.05) is 33.9 Å². The van der Waals surface area contributed by atoms with Crippen LogP contribution in [0.1, 0.15) is 9.88 Å². The van der Waals surface area contributed by atoms with Crippen LogP contribution in [0.25, 0.3) is 10.9 Å². The van der Waals surface area contributed by atoms with Crippen molar-refractivity contribution in [3.05, 3.63) is 40.5 Å². The summed E-state index contributed by atoms with van der Waals surface area (Å²) in [7, 11) is -3.62. The van der Waals surface area contributed by atoms with Crippen LogP contribution in [0.5, 0.6) is 0 Å². The molecule has 2 aromatic heterocycles. The molecule has 110 valence electrons. The molecule has 0 aliphatic rings. The van der Waals surface area contributed by atoms with E-state index < -0.39 is 10.0 Å². The number of nitrogens with two attached hydrogens (primary N) is 1. The highest BCUT2D eigenvalue weighted by molar-refractivity contribution is 7.89. The van der Waals surface area contributed by atoms with Crippen molar-refractivity contribution in [3.63, 3.8) is 0 Å². The first-order chi connectivity index (χ1) is 9.95. The Kier molecular flexibility index (Phi) is 3.44. The molecule has 0 radical (unpaired) electrons. The fourth-order valence-electron chi connectivity index (χ4n) is 2.05. The number of anilines is 1. The standard InChI is InChI=1S/C13H14N4O2S2/c1-8-5-16-13(20-8)7-17-21(18,19)12-6-15-11-3-2-9(14)4-10(11)12/h2-6,15,17H,7,14H2,1H3. The molecule has 0 fully saturated rings. The van der Waals surface area contributed by atoms with E-state index in [2.05, 4.69) is 14.7 Å².